The van der Waals surface area contributed by atoms with Crippen LogP contribution in [0.2, 0.25) is 0 Å². The highest BCUT2D eigenvalue weighted by Gasteiger charge is 2.13. The number of hydrogen-bond acceptors (Lipinski definition) is 4. The first-order chi connectivity index (χ1) is 12.1. The lowest BCUT2D eigenvalue weighted by atomic mass is 9.98. The molecule has 0 heterocycles. The quantitative estimate of drug-likeness (QED) is 0.687. The molecule has 0 atom stereocenters. The van der Waals surface area contributed by atoms with Crippen molar-refractivity contribution in [1.82, 2.24) is 5.32 Å². The van der Waals surface area contributed by atoms with Crippen molar-refractivity contribution in [2.75, 3.05) is 19.7 Å². The monoisotopic (exact) mass is 342 g/mol. The molecule has 0 aliphatic rings. The van der Waals surface area contributed by atoms with E-state index in [1.807, 2.05) is 50.2 Å². The number of phenols is 1. The first kappa shape index (κ1) is 18.8. The first-order valence-corrected chi connectivity index (χ1v) is 8.54. The maximum absolute atomic E-state index is 11.8. The van der Waals surface area contributed by atoms with Gasteiger partial charge in [-0.25, -0.2) is 0 Å². The number of rotatable bonds is 8. The zero-order valence-electron chi connectivity index (χ0n) is 14.8. The summed E-state index contributed by atoms with van der Waals surface area (Å²) < 4.78 is 5.76. The van der Waals surface area contributed by atoms with E-state index in [4.69, 9.17) is 10.5 Å². The van der Waals surface area contributed by atoms with Crippen molar-refractivity contribution in [3.8, 4) is 11.5 Å². The van der Waals surface area contributed by atoms with E-state index in [-0.39, 0.29) is 12.5 Å². The van der Waals surface area contributed by atoms with Crippen LogP contribution in [0.1, 0.15) is 29.2 Å². The van der Waals surface area contributed by atoms with Gasteiger partial charge in [-0.05, 0) is 35.6 Å². The van der Waals surface area contributed by atoms with Crippen LogP contribution in [-0.2, 0) is 17.6 Å². The van der Waals surface area contributed by atoms with Crippen molar-refractivity contribution in [2.24, 2.45) is 5.73 Å². The van der Waals surface area contributed by atoms with Crippen LogP contribution in [0, 0.1) is 6.92 Å². The minimum Gasteiger partial charge on any atom is -0.507 e. The molecule has 134 valence electrons. The van der Waals surface area contributed by atoms with Crippen molar-refractivity contribution in [2.45, 2.75) is 26.7 Å². The molecule has 0 unspecified atom stereocenters. The summed E-state index contributed by atoms with van der Waals surface area (Å²) >= 11 is 0. The average molecular weight is 342 g/mol. The molecule has 0 aliphatic heterocycles. The van der Waals surface area contributed by atoms with Gasteiger partial charge >= 0.3 is 0 Å². The second kappa shape index (κ2) is 9.08. The second-order valence-electron chi connectivity index (χ2n) is 5.95. The zero-order chi connectivity index (χ0) is 18.2. The van der Waals surface area contributed by atoms with E-state index in [1.165, 1.54) is 0 Å². The Labute approximate surface area is 148 Å². The molecule has 0 saturated heterocycles. The fourth-order valence-corrected chi connectivity index (χ4v) is 2.74. The highest BCUT2D eigenvalue weighted by molar-refractivity contribution is 5.77. The molecule has 0 radical (unpaired) electrons. The molecule has 0 saturated carbocycles. The molecule has 5 nitrogen and oxygen atoms in total. The summed E-state index contributed by atoms with van der Waals surface area (Å²) in [4.78, 5) is 11.8. The Hall–Kier alpha value is -2.53. The van der Waals surface area contributed by atoms with Gasteiger partial charge in [-0.1, -0.05) is 43.3 Å². The van der Waals surface area contributed by atoms with Crippen LogP contribution in [0.15, 0.2) is 36.4 Å². The largest absolute Gasteiger partial charge is 0.507 e. The number of phenolic OH excluding ortho intramolecular Hbond substituents is 1. The molecule has 2 rings (SSSR count). The lowest BCUT2D eigenvalue weighted by Gasteiger charge is -2.15. The van der Waals surface area contributed by atoms with Gasteiger partial charge in [0.05, 0.1) is 0 Å². The van der Waals surface area contributed by atoms with E-state index in [1.54, 1.807) is 0 Å². The number of nitrogens with two attached hydrogens (primary N) is 1. The van der Waals surface area contributed by atoms with Crippen molar-refractivity contribution in [1.29, 1.82) is 0 Å². The summed E-state index contributed by atoms with van der Waals surface area (Å²) in [6.45, 7) is 4.73. The van der Waals surface area contributed by atoms with E-state index < -0.39 is 0 Å². The maximum atomic E-state index is 11.8. The Balaban J connectivity index is 2.19. The van der Waals surface area contributed by atoms with Gasteiger partial charge in [-0.2, -0.15) is 0 Å². The molecule has 0 aliphatic carbocycles. The molecule has 2 aromatic rings. The molecule has 4 N–H and O–H groups in total. The molecule has 2 aromatic carbocycles. The van der Waals surface area contributed by atoms with Crippen molar-refractivity contribution < 1.29 is 14.6 Å². The molecule has 1 amide bonds. The van der Waals surface area contributed by atoms with Gasteiger partial charge in [-0.3, -0.25) is 4.79 Å². The van der Waals surface area contributed by atoms with Crippen LogP contribution in [0.3, 0.4) is 0 Å². The van der Waals surface area contributed by atoms with E-state index in [2.05, 4.69) is 5.32 Å². The Morgan fingerprint density at radius 2 is 1.84 bits per heavy atom. The first-order valence-electron chi connectivity index (χ1n) is 8.54. The number of carbonyl (C=O) groups excluding carboxylic acids is 1. The number of nitrogens with one attached hydrogen (secondary N) is 1. The number of aromatic hydroxyl groups is 1. The maximum Gasteiger partial charge on any atom is 0.257 e. The summed E-state index contributed by atoms with van der Waals surface area (Å²) in [7, 11) is 0. The fourth-order valence-electron chi connectivity index (χ4n) is 2.74. The Morgan fingerprint density at radius 3 is 2.56 bits per heavy atom. The van der Waals surface area contributed by atoms with Crippen LogP contribution < -0.4 is 15.8 Å². The fraction of sp³-hybridized carbons (Fsp3) is 0.350. The molecule has 0 bridgehead atoms. The Bertz CT molecular complexity index is 729. The van der Waals surface area contributed by atoms with Crippen LogP contribution in [-0.4, -0.2) is 30.7 Å². The highest BCUT2D eigenvalue weighted by atomic mass is 16.5. The second-order valence-corrected chi connectivity index (χ2v) is 5.95. The van der Waals surface area contributed by atoms with Gasteiger partial charge in [0.2, 0.25) is 0 Å². The van der Waals surface area contributed by atoms with Crippen LogP contribution in [0.4, 0.5) is 0 Å². The van der Waals surface area contributed by atoms with E-state index in [9.17, 15) is 9.90 Å². The smallest absolute Gasteiger partial charge is 0.257 e. The number of amides is 1. The number of benzene rings is 2. The lowest BCUT2D eigenvalue weighted by molar-refractivity contribution is -0.123. The summed E-state index contributed by atoms with van der Waals surface area (Å²) in [6.07, 6.45) is 1.32. The van der Waals surface area contributed by atoms with Crippen LogP contribution in [0.5, 0.6) is 11.5 Å². The number of hydrogen-bond donors (Lipinski definition) is 3. The molecule has 0 fully saturated rings. The summed E-state index contributed by atoms with van der Waals surface area (Å²) in [6, 6.07) is 11.6. The SMILES string of the molecule is CCc1cccc(Cc2cccc(C)c2OCC(=O)NCCN)c1O. The van der Waals surface area contributed by atoms with Gasteiger partial charge in [0.15, 0.2) is 6.61 Å². The standard InChI is InChI=1S/C20H26N2O3/c1-3-15-7-5-8-16(19(15)24)12-17-9-4-6-14(2)20(17)25-13-18(23)22-11-10-21/h4-9,24H,3,10-13,21H2,1-2H3,(H,22,23). The van der Waals surface area contributed by atoms with E-state index >= 15 is 0 Å². The third-order valence-corrected chi connectivity index (χ3v) is 4.07. The average Bonchev–Trinajstić information content (AvgIpc) is 2.61. The molecular formula is C20H26N2O3. The summed E-state index contributed by atoms with van der Waals surface area (Å²) in [5.74, 6) is 0.820. The lowest BCUT2D eigenvalue weighted by Crippen LogP contribution is -2.33. The number of ether oxygens (including phenoxy) is 1. The van der Waals surface area contributed by atoms with Crippen LogP contribution in [0.25, 0.3) is 0 Å². The minimum atomic E-state index is -0.199. The van der Waals surface area contributed by atoms with Crippen molar-refractivity contribution in [3.05, 3.63) is 58.7 Å². The van der Waals surface area contributed by atoms with Crippen molar-refractivity contribution >= 4 is 5.91 Å². The number of para-hydroxylation sites is 2. The predicted octanol–water partition coefficient (Wildman–Crippen LogP) is 2.31. The summed E-state index contributed by atoms with van der Waals surface area (Å²) in [5.41, 5.74) is 9.04. The number of aryl methyl sites for hydroxylation is 2. The van der Waals surface area contributed by atoms with Gasteiger partial charge < -0.3 is 20.9 Å². The Morgan fingerprint density at radius 1 is 1.16 bits per heavy atom. The third-order valence-electron chi connectivity index (χ3n) is 4.07. The van der Waals surface area contributed by atoms with Gasteiger partial charge in [0.1, 0.15) is 11.5 Å². The molecule has 5 heteroatoms. The van der Waals surface area contributed by atoms with E-state index in [0.717, 1.165) is 28.7 Å². The molecular weight excluding hydrogens is 316 g/mol. The van der Waals surface area contributed by atoms with Gasteiger partial charge in [-0.15, -0.1) is 0 Å². The topological polar surface area (TPSA) is 84.6 Å². The normalized spacial score (nSPS) is 10.5. The van der Waals surface area contributed by atoms with Gasteiger partial charge in [0, 0.05) is 19.5 Å². The summed E-state index contributed by atoms with van der Waals surface area (Å²) in [5, 5.41) is 13.1. The molecule has 0 spiro atoms. The third kappa shape index (κ3) is 4.97. The predicted molar refractivity (Wildman–Crippen MR) is 99.0 cm³/mol. The highest BCUT2D eigenvalue weighted by Crippen LogP contribution is 2.30. The Kier molecular flexibility index (Phi) is 6.83. The number of carbonyl (C=O) groups is 1. The minimum absolute atomic E-state index is 0.0567. The zero-order valence-corrected chi connectivity index (χ0v) is 14.8. The molecule has 0 aromatic heterocycles. The van der Waals surface area contributed by atoms with Gasteiger partial charge in [0.25, 0.3) is 5.91 Å². The van der Waals surface area contributed by atoms with Crippen LogP contribution >= 0.6 is 0 Å². The van der Waals surface area contributed by atoms with Crippen molar-refractivity contribution in [3.63, 3.8) is 0 Å². The molecule has 25 heavy (non-hydrogen) atoms. The van der Waals surface area contributed by atoms with E-state index in [0.29, 0.717) is 31.0 Å².